The largest absolute Gasteiger partial charge is 0.606 e. The van der Waals surface area contributed by atoms with Crippen LogP contribution in [0.3, 0.4) is 0 Å². The molecule has 0 aromatic heterocycles. The maximum Gasteiger partial charge on any atom is 0.294 e. The van der Waals surface area contributed by atoms with Crippen molar-refractivity contribution in [1.82, 2.24) is 0 Å². The van der Waals surface area contributed by atoms with E-state index in [-0.39, 0.29) is 10.3 Å². The third kappa shape index (κ3) is 3.89. The van der Waals surface area contributed by atoms with Crippen LogP contribution in [0, 0.1) is 0 Å². The monoisotopic (exact) mass is 338 g/mol. The average molecular weight is 338 g/mol. The van der Waals surface area contributed by atoms with Gasteiger partial charge in [0.2, 0.25) is 0 Å². The van der Waals surface area contributed by atoms with Gasteiger partial charge in [-0.05, 0) is 47.4 Å². The predicted molar refractivity (Wildman–Crippen MR) is 86.1 cm³/mol. The highest BCUT2D eigenvalue weighted by Gasteiger charge is 2.19. The van der Waals surface area contributed by atoms with Crippen molar-refractivity contribution in [1.29, 1.82) is 0 Å². The number of hydrogen-bond donors (Lipinski definition) is 1. The van der Waals surface area contributed by atoms with Crippen molar-refractivity contribution >= 4 is 21.3 Å². The summed E-state index contributed by atoms with van der Waals surface area (Å²) in [4.78, 5) is 0.917. The zero-order chi connectivity index (χ0) is 16.5. The Morgan fingerprint density at radius 3 is 1.68 bits per heavy atom. The summed E-state index contributed by atoms with van der Waals surface area (Å²) in [5, 5.41) is 0. The minimum absolute atomic E-state index is 0.0250. The molecule has 1 unspecified atom stereocenters. The van der Waals surface area contributed by atoms with Gasteiger partial charge >= 0.3 is 0 Å². The lowest BCUT2D eigenvalue weighted by Gasteiger charge is -2.19. The van der Waals surface area contributed by atoms with Gasteiger partial charge in [-0.25, -0.2) is 0 Å². The summed E-state index contributed by atoms with van der Waals surface area (Å²) in [6.07, 6.45) is 0. The van der Waals surface area contributed by atoms with Gasteiger partial charge < -0.3 is 4.55 Å². The van der Waals surface area contributed by atoms with Crippen LogP contribution in [0.2, 0.25) is 0 Å². The molecule has 1 atom stereocenters. The van der Waals surface area contributed by atoms with Gasteiger partial charge in [-0.1, -0.05) is 32.9 Å². The lowest BCUT2D eigenvalue weighted by atomic mass is 9.87. The minimum Gasteiger partial charge on any atom is -0.606 e. The van der Waals surface area contributed by atoms with Crippen LogP contribution in [-0.2, 0) is 26.7 Å². The van der Waals surface area contributed by atoms with E-state index in [0.29, 0.717) is 9.79 Å². The SMILES string of the molecule is CC(C)(C)c1ccc([S+]([O-])c2ccc(S(=O)(=O)O)cc2)cc1. The summed E-state index contributed by atoms with van der Waals surface area (Å²) in [6.45, 7) is 6.31. The molecule has 0 aliphatic heterocycles. The van der Waals surface area contributed by atoms with Gasteiger partial charge in [-0.15, -0.1) is 0 Å². The Balaban J connectivity index is 2.26. The number of rotatable bonds is 3. The molecule has 0 saturated heterocycles. The van der Waals surface area contributed by atoms with Crippen LogP contribution in [0.4, 0.5) is 0 Å². The van der Waals surface area contributed by atoms with Crippen molar-refractivity contribution in [2.24, 2.45) is 0 Å². The zero-order valence-electron chi connectivity index (χ0n) is 12.6. The van der Waals surface area contributed by atoms with E-state index in [1.807, 2.05) is 24.3 Å². The van der Waals surface area contributed by atoms with Gasteiger partial charge in [0.1, 0.15) is 0 Å². The molecule has 0 aliphatic carbocycles. The molecule has 118 valence electrons. The fourth-order valence-electron chi connectivity index (χ4n) is 1.95. The predicted octanol–water partition coefficient (Wildman–Crippen LogP) is 3.40. The van der Waals surface area contributed by atoms with Crippen molar-refractivity contribution in [3.05, 3.63) is 54.1 Å². The highest BCUT2D eigenvalue weighted by Crippen LogP contribution is 2.26. The van der Waals surface area contributed by atoms with Crippen LogP contribution < -0.4 is 0 Å². The van der Waals surface area contributed by atoms with Crippen LogP contribution >= 0.6 is 0 Å². The molecule has 1 N–H and O–H groups in total. The first-order valence-corrected chi connectivity index (χ1v) is 9.28. The second-order valence-corrected chi connectivity index (χ2v) is 8.89. The summed E-state index contributed by atoms with van der Waals surface area (Å²) >= 11 is -1.39. The molecule has 0 heterocycles. The minimum atomic E-state index is -4.23. The summed E-state index contributed by atoms with van der Waals surface area (Å²) in [6, 6.07) is 12.9. The first kappa shape index (κ1) is 17.0. The molecule has 0 radical (unpaired) electrons. The number of benzene rings is 2. The Morgan fingerprint density at radius 2 is 1.32 bits per heavy atom. The van der Waals surface area contributed by atoms with E-state index >= 15 is 0 Å². The van der Waals surface area contributed by atoms with Gasteiger partial charge in [0, 0.05) is 11.2 Å². The topological polar surface area (TPSA) is 77.4 Å². The fraction of sp³-hybridized carbons (Fsp3) is 0.250. The van der Waals surface area contributed by atoms with Crippen molar-refractivity contribution in [3.8, 4) is 0 Å². The molecule has 0 fully saturated rings. The molecule has 0 saturated carbocycles. The second kappa shape index (κ2) is 6.04. The maximum atomic E-state index is 12.5. The molecule has 2 rings (SSSR count). The highest BCUT2D eigenvalue weighted by molar-refractivity contribution is 7.91. The molecule has 0 aliphatic rings. The molecular formula is C16H18O4S2. The highest BCUT2D eigenvalue weighted by atomic mass is 32.2. The van der Waals surface area contributed by atoms with Crippen LogP contribution in [0.5, 0.6) is 0 Å². The first-order chi connectivity index (χ1) is 10.1. The van der Waals surface area contributed by atoms with E-state index in [9.17, 15) is 13.0 Å². The molecular weight excluding hydrogens is 320 g/mol. The maximum absolute atomic E-state index is 12.5. The van der Waals surface area contributed by atoms with Gasteiger partial charge in [0.05, 0.1) is 4.90 Å². The fourth-order valence-corrected chi connectivity index (χ4v) is 3.47. The molecule has 22 heavy (non-hydrogen) atoms. The van der Waals surface area contributed by atoms with Crippen molar-refractivity contribution in [2.75, 3.05) is 0 Å². The smallest absolute Gasteiger partial charge is 0.294 e. The Morgan fingerprint density at radius 1 is 0.909 bits per heavy atom. The molecule has 0 bridgehead atoms. The molecule has 6 heteroatoms. The van der Waals surface area contributed by atoms with E-state index in [1.54, 1.807) is 0 Å². The molecule has 0 spiro atoms. The standard InChI is InChI=1S/C16H18O4S2/c1-16(2,3)12-4-6-13(7-5-12)21(17)14-8-10-15(11-9-14)22(18,19)20/h4-11H,1-3H3,(H,18,19,20). The van der Waals surface area contributed by atoms with Gasteiger partial charge in [0.25, 0.3) is 10.1 Å². The van der Waals surface area contributed by atoms with Crippen molar-refractivity contribution < 1.29 is 17.5 Å². The summed E-state index contributed by atoms with van der Waals surface area (Å²) in [7, 11) is -4.23. The number of hydrogen-bond acceptors (Lipinski definition) is 3. The molecule has 4 nitrogen and oxygen atoms in total. The summed E-state index contributed by atoms with van der Waals surface area (Å²) in [5.41, 5.74) is 1.17. The Kier molecular flexibility index (Phi) is 4.67. The van der Waals surface area contributed by atoms with E-state index in [1.165, 1.54) is 24.3 Å². The Labute approximate surface area is 134 Å². The van der Waals surface area contributed by atoms with Crippen LogP contribution in [-0.4, -0.2) is 17.5 Å². The van der Waals surface area contributed by atoms with E-state index < -0.39 is 21.3 Å². The summed E-state index contributed by atoms with van der Waals surface area (Å²) in [5.74, 6) is 0. The van der Waals surface area contributed by atoms with Crippen LogP contribution in [0.25, 0.3) is 0 Å². The molecule has 2 aromatic rings. The second-order valence-electron chi connectivity index (χ2n) is 5.99. The lowest BCUT2D eigenvalue weighted by molar-refractivity contribution is 0.483. The first-order valence-electron chi connectivity index (χ1n) is 6.69. The van der Waals surface area contributed by atoms with Gasteiger partial charge in [0.15, 0.2) is 9.79 Å². The van der Waals surface area contributed by atoms with E-state index in [2.05, 4.69) is 20.8 Å². The van der Waals surface area contributed by atoms with Crippen LogP contribution in [0.1, 0.15) is 26.3 Å². The van der Waals surface area contributed by atoms with Gasteiger partial charge in [-0.3, -0.25) is 4.55 Å². The van der Waals surface area contributed by atoms with E-state index in [0.717, 1.165) is 5.56 Å². The molecule has 2 aromatic carbocycles. The summed E-state index contributed by atoms with van der Waals surface area (Å²) < 4.78 is 43.4. The van der Waals surface area contributed by atoms with E-state index in [4.69, 9.17) is 4.55 Å². The van der Waals surface area contributed by atoms with Crippen molar-refractivity contribution in [3.63, 3.8) is 0 Å². The molecule has 0 amide bonds. The normalized spacial score (nSPS) is 13.9. The Bertz CT molecular complexity index is 742. The van der Waals surface area contributed by atoms with Gasteiger partial charge in [-0.2, -0.15) is 8.42 Å². The van der Waals surface area contributed by atoms with Crippen LogP contribution in [0.15, 0.2) is 63.2 Å². The Hall–Kier alpha value is -1.34. The zero-order valence-corrected chi connectivity index (χ0v) is 14.2. The average Bonchev–Trinajstić information content (AvgIpc) is 2.45. The quantitative estimate of drug-likeness (QED) is 0.687. The third-order valence-electron chi connectivity index (χ3n) is 3.27. The lowest BCUT2D eigenvalue weighted by Crippen LogP contribution is -2.11. The van der Waals surface area contributed by atoms with Crippen molar-refractivity contribution in [2.45, 2.75) is 40.9 Å². The third-order valence-corrected chi connectivity index (χ3v) is 5.54.